The molecule has 4 rings (SSSR count). The van der Waals surface area contributed by atoms with Crippen LogP contribution in [0.3, 0.4) is 0 Å². The topological polar surface area (TPSA) is 89.4 Å². The lowest BCUT2D eigenvalue weighted by molar-refractivity contribution is -0.134. The summed E-state index contributed by atoms with van der Waals surface area (Å²) >= 11 is 0. The zero-order chi connectivity index (χ0) is 20.9. The molecule has 160 valence electrons. The third-order valence-corrected chi connectivity index (χ3v) is 5.91. The second kappa shape index (κ2) is 9.28. The van der Waals surface area contributed by atoms with Crippen LogP contribution in [0.5, 0.6) is 5.75 Å². The molecule has 2 fully saturated rings. The van der Waals surface area contributed by atoms with Crippen LogP contribution >= 0.6 is 0 Å². The zero-order valence-electron chi connectivity index (χ0n) is 17.4. The average molecular weight is 412 g/mol. The molecule has 0 bridgehead atoms. The Labute approximate surface area is 176 Å². The third-order valence-electron chi connectivity index (χ3n) is 5.91. The van der Waals surface area contributed by atoms with E-state index < -0.39 is 0 Å². The highest BCUT2D eigenvalue weighted by Crippen LogP contribution is 2.20. The van der Waals surface area contributed by atoms with E-state index in [-0.39, 0.29) is 30.5 Å². The monoisotopic (exact) mass is 411 g/mol. The molecule has 2 amide bonds. The predicted octanol–water partition coefficient (Wildman–Crippen LogP) is 2.33. The molecule has 8 heteroatoms. The summed E-state index contributed by atoms with van der Waals surface area (Å²) < 4.78 is 7.35. The molecule has 2 aliphatic rings. The highest BCUT2D eigenvalue weighted by molar-refractivity contribution is 5.92. The Balaban J connectivity index is 1.31. The first-order chi connectivity index (χ1) is 14.6. The minimum atomic E-state index is -0.168. The number of aromatic nitrogens is 3. The normalized spacial score (nSPS) is 19.2. The highest BCUT2D eigenvalue weighted by Gasteiger charge is 2.30. The zero-order valence-corrected chi connectivity index (χ0v) is 17.4. The van der Waals surface area contributed by atoms with Crippen molar-refractivity contribution in [1.82, 2.24) is 25.2 Å². The standard InChI is InChI=1S/C22H29N5O3/c1-16-6-4-10-19(12-16)30-15-21(28)27-11-5-9-18(27)13-26-14-20(24-25-26)22(29)23-17-7-2-3-8-17/h4,6,10,12,14,17-18H,2-3,5,7-9,11,13,15H2,1H3,(H,23,29)/t18-/m0/s1. The number of nitrogens with zero attached hydrogens (tertiary/aromatic N) is 4. The molecule has 1 aliphatic carbocycles. The Morgan fingerprint density at radius 3 is 2.83 bits per heavy atom. The van der Waals surface area contributed by atoms with Crippen LogP contribution in [0.4, 0.5) is 0 Å². The number of carbonyl (C=O) groups excluding carboxylic acids is 2. The maximum absolute atomic E-state index is 12.7. The van der Waals surface area contributed by atoms with Crippen LogP contribution < -0.4 is 10.1 Å². The Hall–Kier alpha value is -2.90. The Morgan fingerprint density at radius 1 is 1.20 bits per heavy atom. The molecule has 2 aromatic rings. The number of carbonyl (C=O) groups is 2. The number of rotatable bonds is 7. The van der Waals surface area contributed by atoms with Gasteiger partial charge in [-0.1, -0.05) is 30.2 Å². The van der Waals surface area contributed by atoms with Crippen molar-refractivity contribution in [2.24, 2.45) is 0 Å². The van der Waals surface area contributed by atoms with Gasteiger partial charge in [-0.15, -0.1) is 5.10 Å². The molecule has 0 spiro atoms. The van der Waals surface area contributed by atoms with Gasteiger partial charge in [-0.2, -0.15) is 0 Å². The van der Waals surface area contributed by atoms with Crippen LogP contribution in [-0.2, 0) is 11.3 Å². The fourth-order valence-corrected chi connectivity index (χ4v) is 4.32. The average Bonchev–Trinajstić information content (AvgIpc) is 3.49. The lowest BCUT2D eigenvalue weighted by atomic mass is 10.2. The van der Waals surface area contributed by atoms with E-state index in [2.05, 4.69) is 15.6 Å². The molecular formula is C22H29N5O3. The fraction of sp³-hybridized carbons (Fsp3) is 0.545. The van der Waals surface area contributed by atoms with E-state index >= 15 is 0 Å². The van der Waals surface area contributed by atoms with E-state index in [1.165, 1.54) is 0 Å². The molecule has 2 heterocycles. The number of likely N-dealkylation sites (tertiary alicyclic amines) is 1. The summed E-state index contributed by atoms with van der Waals surface area (Å²) in [6.07, 6.45) is 7.92. The molecule has 1 saturated heterocycles. The number of ether oxygens (including phenoxy) is 1. The van der Waals surface area contributed by atoms with Crippen molar-refractivity contribution in [2.45, 2.75) is 64.1 Å². The molecule has 0 radical (unpaired) electrons. The van der Waals surface area contributed by atoms with Gasteiger partial charge in [0.1, 0.15) is 5.75 Å². The van der Waals surface area contributed by atoms with Crippen molar-refractivity contribution in [2.75, 3.05) is 13.2 Å². The van der Waals surface area contributed by atoms with Crippen LogP contribution in [0.1, 0.15) is 54.6 Å². The Kier molecular flexibility index (Phi) is 6.30. The van der Waals surface area contributed by atoms with Crippen molar-refractivity contribution in [3.05, 3.63) is 41.7 Å². The quantitative estimate of drug-likeness (QED) is 0.755. The highest BCUT2D eigenvalue weighted by atomic mass is 16.5. The summed E-state index contributed by atoms with van der Waals surface area (Å²) in [4.78, 5) is 26.9. The molecule has 8 nitrogen and oxygen atoms in total. The molecule has 1 aromatic carbocycles. The van der Waals surface area contributed by atoms with E-state index in [1.54, 1.807) is 10.9 Å². The molecule has 1 saturated carbocycles. The van der Waals surface area contributed by atoms with Crippen LogP contribution in [-0.4, -0.2) is 56.9 Å². The van der Waals surface area contributed by atoms with Crippen molar-refractivity contribution in [3.8, 4) is 5.75 Å². The third kappa shape index (κ3) is 4.98. The van der Waals surface area contributed by atoms with Crippen LogP contribution in [0.2, 0.25) is 0 Å². The summed E-state index contributed by atoms with van der Waals surface area (Å²) in [7, 11) is 0. The van der Waals surface area contributed by atoms with Crippen molar-refractivity contribution >= 4 is 11.8 Å². The van der Waals surface area contributed by atoms with Crippen LogP contribution in [0, 0.1) is 6.92 Å². The molecular weight excluding hydrogens is 382 g/mol. The number of aryl methyl sites for hydroxylation is 1. The molecule has 1 aliphatic heterocycles. The van der Waals surface area contributed by atoms with Crippen LogP contribution in [0.15, 0.2) is 30.5 Å². The van der Waals surface area contributed by atoms with E-state index in [0.717, 1.165) is 44.1 Å². The first-order valence-corrected chi connectivity index (χ1v) is 10.8. The SMILES string of the molecule is Cc1cccc(OCC(=O)N2CCC[C@H]2Cn2cc(C(=O)NC3CCCC3)nn2)c1. The van der Waals surface area contributed by atoms with Gasteiger partial charge >= 0.3 is 0 Å². The minimum Gasteiger partial charge on any atom is -0.484 e. The second-order valence-corrected chi connectivity index (χ2v) is 8.27. The smallest absolute Gasteiger partial charge is 0.273 e. The predicted molar refractivity (Wildman–Crippen MR) is 111 cm³/mol. The van der Waals surface area contributed by atoms with Gasteiger partial charge in [0.15, 0.2) is 12.3 Å². The van der Waals surface area contributed by atoms with Gasteiger partial charge in [-0.05, 0) is 50.3 Å². The number of hydrogen-bond acceptors (Lipinski definition) is 5. The Morgan fingerprint density at radius 2 is 2.03 bits per heavy atom. The van der Waals surface area contributed by atoms with Crippen LogP contribution in [0.25, 0.3) is 0 Å². The van der Waals surface area contributed by atoms with Gasteiger partial charge in [0.05, 0.1) is 18.8 Å². The molecule has 1 atom stereocenters. The number of amides is 2. The van der Waals surface area contributed by atoms with Crippen molar-refractivity contribution < 1.29 is 14.3 Å². The summed E-state index contributed by atoms with van der Waals surface area (Å²) in [6, 6.07) is 7.97. The molecule has 30 heavy (non-hydrogen) atoms. The van der Waals surface area contributed by atoms with Gasteiger partial charge < -0.3 is 15.0 Å². The maximum atomic E-state index is 12.7. The molecule has 1 aromatic heterocycles. The number of hydrogen-bond donors (Lipinski definition) is 1. The van der Waals surface area contributed by atoms with Crippen molar-refractivity contribution in [3.63, 3.8) is 0 Å². The van der Waals surface area contributed by atoms with E-state index in [4.69, 9.17) is 4.74 Å². The summed E-state index contributed by atoms with van der Waals surface area (Å²) in [5, 5.41) is 11.2. The lowest BCUT2D eigenvalue weighted by Gasteiger charge is -2.24. The minimum absolute atomic E-state index is 0.0202. The first kappa shape index (κ1) is 20.4. The van der Waals surface area contributed by atoms with Gasteiger partial charge in [0, 0.05) is 12.6 Å². The van der Waals surface area contributed by atoms with E-state index in [1.807, 2.05) is 36.1 Å². The molecule has 0 unspecified atom stereocenters. The number of benzene rings is 1. The lowest BCUT2D eigenvalue weighted by Crippen LogP contribution is -2.40. The first-order valence-electron chi connectivity index (χ1n) is 10.8. The second-order valence-electron chi connectivity index (χ2n) is 8.27. The van der Waals surface area contributed by atoms with Crippen molar-refractivity contribution in [1.29, 1.82) is 0 Å². The summed E-state index contributed by atoms with van der Waals surface area (Å²) in [5.41, 5.74) is 1.43. The van der Waals surface area contributed by atoms with E-state index in [9.17, 15) is 9.59 Å². The Bertz CT molecular complexity index is 890. The van der Waals surface area contributed by atoms with Gasteiger partial charge in [-0.3, -0.25) is 9.59 Å². The number of nitrogens with one attached hydrogen (secondary N) is 1. The summed E-state index contributed by atoms with van der Waals surface area (Å²) in [6.45, 7) is 3.25. The summed E-state index contributed by atoms with van der Waals surface area (Å²) in [5.74, 6) is 0.505. The van der Waals surface area contributed by atoms with Gasteiger partial charge in [-0.25, -0.2) is 4.68 Å². The molecule has 1 N–H and O–H groups in total. The van der Waals surface area contributed by atoms with Gasteiger partial charge in [0.2, 0.25) is 0 Å². The van der Waals surface area contributed by atoms with Gasteiger partial charge in [0.25, 0.3) is 11.8 Å². The fourth-order valence-electron chi connectivity index (χ4n) is 4.32. The maximum Gasteiger partial charge on any atom is 0.273 e. The largest absolute Gasteiger partial charge is 0.484 e. The van der Waals surface area contributed by atoms with E-state index in [0.29, 0.717) is 24.5 Å².